The topological polar surface area (TPSA) is 18.5 Å². The molecule has 0 spiro atoms. The molecule has 18 heavy (non-hydrogen) atoms. The second-order valence-corrected chi connectivity index (χ2v) is 6.22. The summed E-state index contributed by atoms with van der Waals surface area (Å²) in [7, 11) is 0. The van der Waals surface area contributed by atoms with Crippen LogP contribution in [0, 0.1) is 5.41 Å². The molecule has 102 valence electrons. The third-order valence-electron chi connectivity index (χ3n) is 4.31. The second-order valence-electron chi connectivity index (χ2n) is 6.22. The van der Waals surface area contributed by atoms with Crippen molar-refractivity contribution in [3.05, 3.63) is 22.8 Å². The summed E-state index contributed by atoms with van der Waals surface area (Å²) < 4.78 is 11.1. The first-order valence-corrected chi connectivity index (χ1v) is 7.10. The summed E-state index contributed by atoms with van der Waals surface area (Å²) in [4.78, 5) is 0. The van der Waals surface area contributed by atoms with Crippen molar-refractivity contribution in [2.24, 2.45) is 5.41 Å². The summed E-state index contributed by atoms with van der Waals surface area (Å²) in [6, 6.07) is 0. The van der Waals surface area contributed by atoms with E-state index in [0.717, 1.165) is 19.6 Å². The Balaban J connectivity index is 2.05. The third kappa shape index (κ3) is 3.04. The molecule has 0 amide bonds. The molecule has 0 radical (unpaired) electrons. The standard InChI is InChI=1S/C16H26O2/c1-12-6-5-9-16(3,4)14(12)8-7-13(2)15-17-10-11-18-15/h7,15H,5-6,8-11H2,1-4H3/b13-7-. The van der Waals surface area contributed by atoms with Crippen molar-refractivity contribution in [1.29, 1.82) is 0 Å². The van der Waals surface area contributed by atoms with Crippen LogP contribution >= 0.6 is 0 Å². The van der Waals surface area contributed by atoms with E-state index in [1.807, 2.05) is 0 Å². The molecule has 0 aromatic heterocycles. The van der Waals surface area contributed by atoms with E-state index >= 15 is 0 Å². The van der Waals surface area contributed by atoms with Crippen LogP contribution in [0.4, 0.5) is 0 Å². The van der Waals surface area contributed by atoms with Gasteiger partial charge in [-0.1, -0.05) is 31.1 Å². The fraction of sp³-hybridized carbons (Fsp3) is 0.750. The van der Waals surface area contributed by atoms with Crippen molar-refractivity contribution in [3.63, 3.8) is 0 Å². The zero-order valence-corrected chi connectivity index (χ0v) is 12.2. The van der Waals surface area contributed by atoms with Gasteiger partial charge in [0.25, 0.3) is 0 Å². The molecule has 0 atom stereocenters. The van der Waals surface area contributed by atoms with Gasteiger partial charge in [0.1, 0.15) is 0 Å². The van der Waals surface area contributed by atoms with E-state index in [-0.39, 0.29) is 6.29 Å². The normalized spacial score (nSPS) is 25.9. The van der Waals surface area contributed by atoms with E-state index in [9.17, 15) is 0 Å². The van der Waals surface area contributed by atoms with Crippen LogP contribution in [-0.2, 0) is 9.47 Å². The van der Waals surface area contributed by atoms with Crippen molar-refractivity contribution >= 4 is 0 Å². The molecule has 2 nitrogen and oxygen atoms in total. The van der Waals surface area contributed by atoms with E-state index in [4.69, 9.17) is 9.47 Å². The lowest BCUT2D eigenvalue weighted by atomic mass is 9.71. The number of hydrogen-bond donors (Lipinski definition) is 0. The molecule has 2 rings (SSSR count). The van der Waals surface area contributed by atoms with Gasteiger partial charge < -0.3 is 9.47 Å². The average molecular weight is 250 g/mol. The van der Waals surface area contributed by atoms with Gasteiger partial charge in [0.15, 0.2) is 6.29 Å². The highest BCUT2D eigenvalue weighted by Crippen LogP contribution is 2.42. The quantitative estimate of drug-likeness (QED) is 0.698. The largest absolute Gasteiger partial charge is 0.346 e. The van der Waals surface area contributed by atoms with Crippen molar-refractivity contribution in [2.45, 2.75) is 59.7 Å². The summed E-state index contributed by atoms with van der Waals surface area (Å²) in [6.07, 6.45) is 7.15. The molecule has 2 heteroatoms. The average Bonchev–Trinajstić information content (AvgIpc) is 2.80. The number of rotatable bonds is 3. The molecule has 1 fully saturated rings. The summed E-state index contributed by atoms with van der Waals surface area (Å²) >= 11 is 0. The van der Waals surface area contributed by atoms with Crippen LogP contribution in [0.25, 0.3) is 0 Å². The SMILES string of the molecule is CC1=C(C/C=C(/C)C2OCCO2)C(C)(C)CCC1. The van der Waals surface area contributed by atoms with Gasteiger partial charge >= 0.3 is 0 Å². The lowest BCUT2D eigenvalue weighted by Crippen LogP contribution is -2.20. The predicted molar refractivity (Wildman–Crippen MR) is 74.4 cm³/mol. The maximum atomic E-state index is 5.53. The van der Waals surface area contributed by atoms with Gasteiger partial charge in [0.2, 0.25) is 0 Å². The minimum atomic E-state index is -0.0994. The summed E-state index contributed by atoms with van der Waals surface area (Å²) in [6.45, 7) is 10.6. The Labute approximate surface area is 111 Å². The minimum absolute atomic E-state index is 0.0994. The summed E-state index contributed by atoms with van der Waals surface area (Å²) in [5.41, 5.74) is 4.78. The van der Waals surface area contributed by atoms with Crippen LogP contribution in [0.1, 0.15) is 53.4 Å². The van der Waals surface area contributed by atoms with Gasteiger partial charge in [-0.05, 0) is 50.5 Å². The number of allylic oxidation sites excluding steroid dienone is 3. The van der Waals surface area contributed by atoms with Crippen LogP contribution < -0.4 is 0 Å². The van der Waals surface area contributed by atoms with Crippen LogP contribution in [0.5, 0.6) is 0 Å². The summed E-state index contributed by atoms with van der Waals surface area (Å²) in [5, 5.41) is 0. The molecule has 1 aliphatic heterocycles. The molecular weight excluding hydrogens is 224 g/mol. The second kappa shape index (κ2) is 5.58. The van der Waals surface area contributed by atoms with Crippen LogP contribution in [0.15, 0.2) is 22.8 Å². The first-order valence-electron chi connectivity index (χ1n) is 7.10. The zero-order valence-electron chi connectivity index (χ0n) is 12.2. The van der Waals surface area contributed by atoms with E-state index < -0.39 is 0 Å². The molecule has 2 aliphatic rings. The molecule has 0 aromatic carbocycles. The van der Waals surface area contributed by atoms with Gasteiger partial charge in [-0.3, -0.25) is 0 Å². The fourth-order valence-corrected chi connectivity index (χ4v) is 3.11. The number of hydrogen-bond acceptors (Lipinski definition) is 2. The monoisotopic (exact) mass is 250 g/mol. The lowest BCUT2D eigenvalue weighted by Gasteiger charge is -2.34. The Morgan fingerprint density at radius 1 is 1.33 bits per heavy atom. The minimum Gasteiger partial charge on any atom is -0.346 e. The fourth-order valence-electron chi connectivity index (χ4n) is 3.11. The van der Waals surface area contributed by atoms with Crippen molar-refractivity contribution in [2.75, 3.05) is 13.2 Å². The van der Waals surface area contributed by atoms with Gasteiger partial charge in [0.05, 0.1) is 13.2 Å². The van der Waals surface area contributed by atoms with Gasteiger partial charge in [-0.2, -0.15) is 0 Å². The molecule has 0 N–H and O–H groups in total. The Morgan fingerprint density at radius 2 is 2.00 bits per heavy atom. The first kappa shape index (κ1) is 13.8. The van der Waals surface area contributed by atoms with Gasteiger partial charge in [-0.25, -0.2) is 0 Å². The molecular formula is C16H26O2. The van der Waals surface area contributed by atoms with E-state index in [0.29, 0.717) is 5.41 Å². The molecule has 0 saturated carbocycles. The smallest absolute Gasteiger partial charge is 0.179 e. The Hall–Kier alpha value is -0.600. The molecule has 1 aliphatic carbocycles. The van der Waals surface area contributed by atoms with Crippen molar-refractivity contribution in [1.82, 2.24) is 0 Å². The van der Waals surface area contributed by atoms with E-state index in [2.05, 4.69) is 33.8 Å². The highest BCUT2D eigenvalue weighted by atomic mass is 16.7. The lowest BCUT2D eigenvalue weighted by molar-refractivity contribution is -0.0112. The van der Waals surface area contributed by atoms with E-state index in [1.54, 1.807) is 11.1 Å². The van der Waals surface area contributed by atoms with Crippen LogP contribution in [-0.4, -0.2) is 19.5 Å². The maximum Gasteiger partial charge on any atom is 0.179 e. The molecule has 1 saturated heterocycles. The maximum absolute atomic E-state index is 5.53. The highest BCUT2D eigenvalue weighted by Gasteiger charge is 2.27. The van der Waals surface area contributed by atoms with Gasteiger partial charge in [0, 0.05) is 0 Å². The first-order chi connectivity index (χ1) is 8.50. The van der Waals surface area contributed by atoms with Crippen molar-refractivity contribution in [3.8, 4) is 0 Å². The predicted octanol–water partition coefficient (Wildman–Crippen LogP) is 4.22. The van der Waals surface area contributed by atoms with Crippen LogP contribution in [0.3, 0.4) is 0 Å². The Bertz CT molecular complexity index is 357. The van der Waals surface area contributed by atoms with Crippen LogP contribution in [0.2, 0.25) is 0 Å². The van der Waals surface area contributed by atoms with Gasteiger partial charge in [-0.15, -0.1) is 0 Å². The zero-order chi connectivity index (χ0) is 13.2. The van der Waals surface area contributed by atoms with E-state index in [1.165, 1.54) is 24.8 Å². The van der Waals surface area contributed by atoms with Crippen molar-refractivity contribution < 1.29 is 9.47 Å². The highest BCUT2D eigenvalue weighted by molar-refractivity contribution is 5.25. The molecule has 1 heterocycles. The third-order valence-corrected chi connectivity index (χ3v) is 4.31. The molecule has 0 unspecified atom stereocenters. The summed E-state index contributed by atoms with van der Waals surface area (Å²) in [5.74, 6) is 0. The number of ether oxygens (including phenoxy) is 2. The molecule has 0 aromatic rings. The Kier molecular flexibility index (Phi) is 4.29. The Morgan fingerprint density at radius 3 is 2.61 bits per heavy atom. The molecule has 0 bridgehead atoms.